The average molecular weight is 437 g/mol. The van der Waals surface area contributed by atoms with E-state index in [1.54, 1.807) is 0 Å². The van der Waals surface area contributed by atoms with E-state index < -0.39 is 0 Å². The molecule has 0 bridgehead atoms. The Morgan fingerprint density at radius 2 is 1.59 bits per heavy atom. The molecule has 0 spiro atoms. The fourth-order valence-electron chi connectivity index (χ4n) is 3.61. The highest BCUT2D eigenvalue weighted by Crippen LogP contribution is 2.32. The zero-order valence-corrected chi connectivity index (χ0v) is 19.3. The normalized spacial score (nSPS) is 14.0. The van der Waals surface area contributed by atoms with E-state index in [9.17, 15) is 9.59 Å². The summed E-state index contributed by atoms with van der Waals surface area (Å²) in [5.41, 5.74) is 3.34. The van der Waals surface area contributed by atoms with Crippen molar-refractivity contribution in [1.82, 2.24) is 4.90 Å². The summed E-state index contributed by atoms with van der Waals surface area (Å²) in [6.07, 6.45) is 0.595. The van der Waals surface area contributed by atoms with Gasteiger partial charge in [0, 0.05) is 25.4 Å². The fraction of sp³-hybridized carbons (Fsp3) is 0.385. The number of hydrogen-bond donors (Lipinski definition) is 1. The van der Waals surface area contributed by atoms with Crippen molar-refractivity contribution >= 4 is 23.1 Å². The second-order valence-corrected chi connectivity index (χ2v) is 7.92. The number of imide groups is 1. The lowest BCUT2D eigenvalue weighted by Crippen LogP contribution is -2.34. The number of benzene rings is 2. The van der Waals surface area contributed by atoms with Gasteiger partial charge in [-0.3, -0.25) is 14.5 Å². The van der Waals surface area contributed by atoms with Crippen molar-refractivity contribution in [3.63, 3.8) is 0 Å². The second kappa shape index (κ2) is 11.0. The Labute approximate surface area is 190 Å². The summed E-state index contributed by atoms with van der Waals surface area (Å²) in [6.45, 7) is 10.1. The predicted octanol–water partition coefficient (Wildman–Crippen LogP) is 4.83. The Morgan fingerprint density at radius 1 is 0.906 bits per heavy atom. The monoisotopic (exact) mass is 436 g/mol. The molecule has 0 atom stereocenters. The van der Waals surface area contributed by atoms with Crippen LogP contribution in [0.1, 0.15) is 51.2 Å². The van der Waals surface area contributed by atoms with Gasteiger partial charge in [0.15, 0.2) is 0 Å². The number of rotatable bonds is 11. The van der Waals surface area contributed by atoms with Crippen LogP contribution < -0.4 is 10.1 Å². The molecule has 2 aromatic rings. The lowest BCUT2D eigenvalue weighted by Gasteiger charge is -2.15. The third kappa shape index (κ3) is 5.37. The molecule has 0 unspecified atom stereocenters. The molecule has 3 rings (SSSR count). The highest BCUT2D eigenvalue weighted by molar-refractivity contribution is 6.36. The first kappa shape index (κ1) is 23.5. The van der Waals surface area contributed by atoms with E-state index in [2.05, 4.69) is 19.2 Å². The van der Waals surface area contributed by atoms with Crippen LogP contribution in [0.25, 0.3) is 5.57 Å². The molecule has 1 aliphatic heterocycles. The molecule has 6 heteroatoms. The SMILES string of the molecule is CCOCCCN1C(=O)C(Nc2ccc(C(C)C)cc2)=C(c2ccc(OCC)cc2)C1=O. The molecule has 0 saturated heterocycles. The molecule has 0 aromatic heterocycles. The summed E-state index contributed by atoms with van der Waals surface area (Å²) in [5, 5.41) is 3.21. The van der Waals surface area contributed by atoms with Gasteiger partial charge in [0.1, 0.15) is 11.4 Å². The van der Waals surface area contributed by atoms with Gasteiger partial charge in [0.05, 0.1) is 12.2 Å². The first-order chi connectivity index (χ1) is 15.5. The van der Waals surface area contributed by atoms with Crippen LogP contribution >= 0.6 is 0 Å². The third-order valence-electron chi connectivity index (χ3n) is 5.34. The van der Waals surface area contributed by atoms with E-state index in [0.717, 1.165) is 11.4 Å². The third-order valence-corrected chi connectivity index (χ3v) is 5.34. The lowest BCUT2D eigenvalue weighted by atomic mass is 10.0. The number of nitrogens with zero attached hydrogens (tertiary/aromatic N) is 1. The van der Waals surface area contributed by atoms with Crippen LogP contribution in [0.5, 0.6) is 5.75 Å². The molecule has 0 fully saturated rings. The molecule has 170 valence electrons. The molecular weight excluding hydrogens is 404 g/mol. The first-order valence-electron chi connectivity index (χ1n) is 11.2. The molecule has 2 amide bonds. The van der Waals surface area contributed by atoms with Crippen LogP contribution in [-0.4, -0.2) is 43.1 Å². The summed E-state index contributed by atoms with van der Waals surface area (Å²) in [5.74, 6) is 0.527. The smallest absolute Gasteiger partial charge is 0.278 e. The van der Waals surface area contributed by atoms with Crippen molar-refractivity contribution in [2.75, 3.05) is 31.7 Å². The zero-order valence-electron chi connectivity index (χ0n) is 19.3. The quantitative estimate of drug-likeness (QED) is 0.404. The largest absolute Gasteiger partial charge is 0.494 e. The minimum atomic E-state index is -0.316. The van der Waals surface area contributed by atoms with Gasteiger partial charge >= 0.3 is 0 Å². The van der Waals surface area contributed by atoms with Crippen molar-refractivity contribution in [3.05, 3.63) is 65.4 Å². The van der Waals surface area contributed by atoms with Crippen molar-refractivity contribution in [3.8, 4) is 5.75 Å². The van der Waals surface area contributed by atoms with E-state index in [4.69, 9.17) is 9.47 Å². The first-order valence-corrected chi connectivity index (χ1v) is 11.2. The van der Waals surface area contributed by atoms with Gasteiger partial charge in [-0.15, -0.1) is 0 Å². The van der Waals surface area contributed by atoms with E-state index in [-0.39, 0.29) is 11.8 Å². The summed E-state index contributed by atoms with van der Waals surface area (Å²) < 4.78 is 10.9. The number of carbonyl (C=O) groups excluding carboxylic acids is 2. The Balaban J connectivity index is 1.91. The van der Waals surface area contributed by atoms with Crippen LogP contribution in [-0.2, 0) is 14.3 Å². The standard InChI is InChI=1S/C26H32N2O4/c1-5-31-17-7-16-28-25(29)23(20-10-14-22(15-11-20)32-6-2)24(26(28)30)27-21-12-8-19(9-13-21)18(3)4/h8-15,18,27H,5-7,16-17H2,1-4H3. The zero-order chi connectivity index (χ0) is 23.1. The summed E-state index contributed by atoms with van der Waals surface area (Å²) in [7, 11) is 0. The molecule has 0 aliphatic carbocycles. The van der Waals surface area contributed by atoms with Crippen molar-refractivity contribution < 1.29 is 19.1 Å². The number of nitrogens with one attached hydrogen (secondary N) is 1. The Kier molecular flexibility index (Phi) is 8.06. The Morgan fingerprint density at radius 3 is 2.19 bits per heavy atom. The fourth-order valence-corrected chi connectivity index (χ4v) is 3.61. The van der Waals surface area contributed by atoms with Crippen molar-refractivity contribution in [2.24, 2.45) is 0 Å². The predicted molar refractivity (Wildman–Crippen MR) is 127 cm³/mol. The maximum atomic E-state index is 13.3. The van der Waals surface area contributed by atoms with Gasteiger partial charge in [-0.25, -0.2) is 0 Å². The van der Waals surface area contributed by atoms with E-state index >= 15 is 0 Å². The van der Waals surface area contributed by atoms with Crippen molar-refractivity contribution in [1.29, 1.82) is 0 Å². The summed E-state index contributed by atoms with van der Waals surface area (Å²) >= 11 is 0. The lowest BCUT2D eigenvalue weighted by molar-refractivity contribution is -0.137. The van der Waals surface area contributed by atoms with Crippen LogP contribution in [0.2, 0.25) is 0 Å². The highest BCUT2D eigenvalue weighted by atomic mass is 16.5. The summed E-state index contributed by atoms with van der Waals surface area (Å²) in [4.78, 5) is 27.8. The molecule has 1 aliphatic rings. The number of amides is 2. The molecular formula is C26H32N2O4. The van der Waals surface area contributed by atoms with Crippen LogP contribution in [0.4, 0.5) is 5.69 Å². The van der Waals surface area contributed by atoms with Crippen LogP contribution in [0.3, 0.4) is 0 Å². The second-order valence-electron chi connectivity index (χ2n) is 7.92. The maximum Gasteiger partial charge on any atom is 0.278 e. The minimum Gasteiger partial charge on any atom is -0.494 e. The number of anilines is 1. The highest BCUT2D eigenvalue weighted by Gasteiger charge is 2.38. The molecule has 2 aromatic carbocycles. The van der Waals surface area contributed by atoms with Crippen LogP contribution in [0.15, 0.2) is 54.2 Å². The van der Waals surface area contributed by atoms with E-state index in [1.165, 1.54) is 10.5 Å². The molecule has 32 heavy (non-hydrogen) atoms. The summed E-state index contributed by atoms with van der Waals surface area (Å²) in [6, 6.07) is 15.2. The van der Waals surface area contributed by atoms with Crippen molar-refractivity contribution in [2.45, 2.75) is 40.0 Å². The van der Waals surface area contributed by atoms with Gasteiger partial charge in [-0.05, 0) is 61.6 Å². The molecule has 0 radical (unpaired) electrons. The van der Waals surface area contributed by atoms with E-state index in [0.29, 0.717) is 55.5 Å². The average Bonchev–Trinajstić information content (AvgIpc) is 3.02. The van der Waals surface area contributed by atoms with E-state index in [1.807, 2.05) is 62.4 Å². The topological polar surface area (TPSA) is 67.9 Å². The number of ether oxygens (including phenoxy) is 2. The Bertz CT molecular complexity index is 962. The molecule has 6 nitrogen and oxygen atoms in total. The molecule has 1 N–H and O–H groups in total. The van der Waals surface area contributed by atoms with Crippen LogP contribution in [0, 0.1) is 0 Å². The molecule has 0 saturated carbocycles. The number of carbonyl (C=O) groups is 2. The maximum absolute atomic E-state index is 13.3. The molecule has 1 heterocycles. The van der Waals surface area contributed by atoms with Gasteiger partial charge in [0.25, 0.3) is 11.8 Å². The van der Waals surface area contributed by atoms with Gasteiger partial charge in [0.2, 0.25) is 0 Å². The Hall–Kier alpha value is -3.12. The van der Waals surface area contributed by atoms with Gasteiger partial charge in [-0.1, -0.05) is 38.1 Å². The minimum absolute atomic E-state index is 0.294. The van der Waals surface area contributed by atoms with Gasteiger partial charge in [-0.2, -0.15) is 0 Å². The van der Waals surface area contributed by atoms with Gasteiger partial charge < -0.3 is 14.8 Å². The number of hydrogen-bond acceptors (Lipinski definition) is 5.